The van der Waals surface area contributed by atoms with Crippen LogP contribution in [0.4, 0.5) is 5.95 Å². The summed E-state index contributed by atoms with van der Waals surface area (Å²) < 4.78 is 11.0. The molecule has 1 aromatic carbocycles. The first-order valence-corrected chi connectivity index (χ1v) is 8.88. The lowest BCUT2D eigenvalue weighted by atomic mass is 9.94. The summed E-state index contributed by atoms with van der Waals surface area (Å²) in [5, 5.41) is 10.2. The first kappa shape index (κ1) is 16.4. The molecule has 1 fully saturated rings. The van der Waals surface area contributed by atoms with Gasteiger partial charge < -0.3 is 24.5 Å². The van der Waals surface area contributed by atoms with Crippen LogP contribution in [0.1, 0.15) is 31.7 Å². The van der Waals surface area contributed by atoms with E-state index in [-0.39, 0.29) is 0 Å². The summed E-state index contributed by atoms with van der Waals surface area (Å²) in [7, 11) is 1.68. The second kappa shape index (κ2) is 6.35. The summed E-state index contributed by atoms with van der Waals surface area (Å²) in [6.07, 6.45) is 4.53. The van der Waals surface area contributed by atoms with Crippen LogP contribution < -0.4 is 9.64 Å². The number of imidazole rings is 1. The number of aromatic amines is 1. The fourth-order valence-electron chi connectivity index (χ4n) is 3.61. The number of ether oxygens (including phenoxy) is 2. The number of piperidine rings is 1. The number of H-pyrrole nitrogens is 1. The largest absolute Gasteiger partial charge is 0.494 e. The third kappa shape index (κ3) is 3.12. The second-order valence-electron chi connectivity index (χ2n) is 7.14. The molecule has 6 nitrogen and oxygen atoms in total. The van der Waals surface area contributed by atoms with E-state index in [1.165, 1.54) is 5.57 Å². The molecule has 2 N–H and O–H groups in total. The summed E-state index contributed by atoms with van der Waals surface area (Å²) in [6, 6.07) is 4.08. The lowest BCUT2D eigenvalue weighted by molar-refractivity contribution is 0.0349. The van der Waals surface area contributed by atoms with Crippen molar-refractivity contribution in [3.63, 3.8) is 0 Å². The van der Waals surface area contributed by atoms with E-state index in [1.807, 2.05) is 13.0 Å². The summed E-state index contributed by atoms with van der Waals surface area (Å²) >= 11 is 0. The third-order valence-electron chi connectivity index (χ3n) is 5.26. The van der Waals surface area contributed by atoms with Gasteiger partial charge in [0.15, 0.2) is 0 Å². The van der Waals surface area contributed by atoms with Crippen molar-refractivity contribution in [2.45, 2.75) is 31.8 Å². The van der Waals surface area contributed by atoms with Gasteiger partial charge in [-0.25, -0.2) is 4.98 Å². The zero-order valence-corrected chi connectivity index (χ0v) is 14.8. The zero-order valence-electron chi connectivity index (χ0n) is 14.8. The highest BCUT2D eigenvalue weighted by Gasteiger charge is 2.29. The van der Waals surface area contributed by atoms with E-state index in [0.717, 1.165) is 67.3 Å². The molecule has 0 bridgehead atoms. The predicted octanol–water partition coefficient (Wildman–Crippen LogP) is 2.73. The van der Waals surface area contributed by atoms with Gasteiger partial charge in [0.05, 0.1) is 25.9 Å². The smallest absolute Gasteiger partial charge is 0.203 e. The fourth-order valence-corrected chi connectivity index (χ4v) is 3.61. The zero-order chi connectivity index (χ0) is 17.4. The Kier molecular flexibility index (Phi) is 4.17. The van der Waals surface area contributed by atoms with Crippen LogP contribution in [-0.2, 0) is 4.74 Å². The molecule has 3 heterocycles. The van der Waals surface area contributed by atoms with E-state index in [4.69, 9.17) is 14.5 Å². The summed E-state index contributed by atoms with van der Waals surface area (Å²) in [6.45, 7) is 4.89. The molecule has 1 aromatic heterocycles. The van der Waals surface area contributed by atoms with Crippen molar-refractivity contribution in [2.24, 2.45) is 0 Å². The van der Waals surface area contributed by atoms with Gasteiger partial charge >= 0.3 is 0 Å². The molecular formula is C19H25N3O3. The predicted molar refractivity (Wildman–Crippen MR) is 98.1 cm³/mol. The average Bonchev–Trinajstić information content (AvgIpc) is 3.06. The maximum absolute atomic E-state index is 10.2. The lowest BCUT2D eigenvalue weighted by Gasteiger charge is -2.35. The fraction of sp³-hybridized carbons (Fsp3) is 0.526. The van der Waals surface area contributed by atoms with Gasteiger partial charge in [0.2, 0.25) is 5.95 Å². The quantitative estimate of drug-likeness (QED) is 0.897. The Morgan fingerprint density at radius 3 is 2.80 bits per heavy atom. The number of aliphatic hydroxyl groups is 1. The summed E-state index contributed by atoms with van der Waals surface area (Å²) in [4.78, 5) is 10.5. The van der Waals surface area contributed by atoms with Crippen LogP contribution in [-0.4, -0.2) is 54.1 Å². The van der Waals surface area contributed by atoms with Crippen molar-refractivity contribution in [3.8, 4) is 5.75 Å². The van der Waals surface area contributed by atoms with E-state index in [2.05, 4.69) is 22.0 Å². The first-order chi connectivity index (χ1) is 12.1. The number of aromatic nitrogens is 2. The van der Waals surface area contributed by atoms with Gasteiger partial charge in [-0.3, -0.25) is 0 Å². The van der Waals surface area contributed by atoms with E-state index in [9.17, 15) is 5.11 Å². The van der Waals surface area contributed by atoms with E-state index < -0.39 is 5.60 Å². The first-order valence-electron chi connectivity index (χ1n) is 8.88. The van der Waals surface area contributed by atoms with E-state index in [0.29, 0.717) is 6.61 Å². The summed E-state index contributed by atoms with van der Waals surface area (Å²) in [5.74, 6) is 1.65. The molecule has 4 rings (SSSR count). The minimum atomic E-state index is -0.571. The average molecular weight is 343 g/mol. The van der Waals surface area contributed by atoms with Crippen LogP contribution >= 0.6 is 0 Å². The van der Waals surface area contributed by atoms with Gasteiger partial charge in [0, 0.05) is 18.7 Å². The monoisotopic (exact) mass is 343 g/mol. The molecular weight excluding hydrogens is 318 g/mol. The highest BCUT2D eigenvalue weighted by molar-refractivity contribution is 5.94. The molecule has 2 aromatic rings. The van der Waals surface area contributed by atoms with Crippen LogP contribution in [0.2, 0.25) is 0 Å². The van der Waals surface area contributed by atoms with Crippen molar-refractivity contribution in [3.05, 3.63) is 23.8 Å². The molecule has 0 saturated carbocycles. The number of benzene rings is 1. The highest BCUT2D eigenvalue weighted by Crippen LogP contribution is 2.35. The minimum absolute atomic E-state index is 0.571. The summed E-state index contributed by atoms with van der Waals surface area (Å²) in [5.41, 5.74) is 3.72. The molecule has 1 saturated heterocycles. The molecule has 0 amide bonds. The van der Waals surface area contributed by atoms with E-state index in [1.54, 1.807) is 7.11 Å². The molecule has 0 unspecified atom stereocenters. The number of hydrogen-bond donors (Lipinski definition) is 2. The van der Waals surface area contributed by atoms with Crippen molar-refractivity contribution in [1.29, 1.82) is 0 Å². The van der Waals surface area contributed by atoms with Crippen LogP contribution in [0.5, 0.6) is 5.75 Å². The normalized spacial score (nSPS) is 20.6. The number of nitrogens with one attached hydrogen (secondary N) is 1. The molecule has 0 atom stereocenters. The Morgan fingerprint density at radius 1 is 1.32 bits per heavy atom. The van der Waals surface area contributed by atoms with Crippen molar-refractivity contribution < 1.29 is 14.6 Å². The molecule has 134 valence electrons. The van der Waals surface area contributed by atoms with Crippen molar-refractivity contribution >= 4 is 22.6 Å². The lowest BCUT2D eigenvalue weighted by Crippen LogP contribution is -2.42. The number of rotatable bonds is 3. The molecule has 25 heavy (non-hydrogen) atoms. The van der Waals surface area contributed by atoms with Crippen LogP contribution in [0.15, 0.2) is 18.2 Å². The van der Waals surface area contributed by atoms with Crippen LogP contribution in [0.3, 0.4) is 0 Å². The van der Waals surface area contributed by atoms with Crippen LogP contribution in [0.25, 0.3) is 16.6 Å². The van der Waals surface area contributed by atoms with Gasteiger partial charge in [0.1, 0.15) is 16.8 Å². The molecule has 2 aliphatic rings. The standard InChI is InChI=1S/C19H25N3O3/c1-19(23)7-9-22(10-8-19)18-20-16-14(13-5-11-25-12-6-13)3-4-15(24-2)17(16)21-18/h3-5,23H,6-12H2,1-2H3,(H,20,21). The van der Waals surface area contributed by atoms with Gasteiger partial charge in [0.25, 0.3) is 0 Å². The number of nitrogens with zero attached hydrogens (tertiary/aromatic N) is 2. The Bertz CT molecular complexity index is 800. The Morgan fingerprint density at radius 2 is 2.12 bits per heavy atom. The molecule has 0 spiro atoms. The third-order valence-corrected chi connectivity index (χ3v) is 5.26. The highest BCUT2D eigenvalue weighted by atomic mass is 16.5. The molecule has 0 radical (unpaired) electrons. The van der Waals surface area contributed by atoms with Gasteiger partial charge in [-0.1, -0.05) is 6.08 Å². The van der Waals surface area contributed by atoms with Gasteiger partial charge in [-0.05, 0) is 43.9 Å². The maximum atomic E-state index is 10.2. The Labute approximate surface area is 147 Å². The number of methoxy groups -OCH3 is 1. The molecule has 0 aliphatic carbocycles. The number of anilines is 1. The molecule has 6 heteroatoms. The SMILES string of the molecule is COc1ccc(C2=CCOCC2)c2nc(N3CCC(C)(O)CC3)[nH]c12. The second-order valence-corrected chi connectivity index (χ2v) is 7.14. The van der Waals surface area contributed by atoms with Crippen LogP contribution in [0, 0.1) is 0 Å². The molecule has 2 aliphatic heterocycles. The van der Waals surface area contributed by atoms with Crippen molar-refractivity contribution in [1.82, 2.24) is 9.97 Å². The van der Waals surface area contributed by atoms with Gasteiger partial charge in [-0.15, -0.1) is 0 Å². The van der Waals surface area contributed by atoms with Crippen molar-refractivity contribution in [2.75, 3.05) is 38.3 Å². The Hall–Kier alpha value is -2.05. The topological polar surface area (TPSA) is 70.6 Å². The minimum Gasteiger partial charge on any atom is -0.494 e. The number of fused-ring (bicyclic) bond motifs is 1. The van der Waals surface area contributed by atoms with E-state index >= 15 is 0 Å². The number of hydrogen-bond acceptors (Lipinski definition) is 5. The Balaban J connectivity index is 1.74. The maximum Gasteiger partial charge on any atom is 0.203 e. The van der Waals surface area contributed by atoms with Gasteiger partial charge in [-0.2, -0.15) is 0 Å².